The van der Waals surface area contributed by atoms with Gasteiger partial charge in [0.1, 0.15) is 0 Å². The van der Waals surface area contributed by atoms with Crippen molar-refractivity contribution in [2.75, 3.05) is 45.2 Å². The van der Waals surface area contributed by atoms with E-state index in [1.54, 1.807) is 0 Å². The van der Waals surface area contributed by atoms with Crippen molar-refractivity contribution in [3.05, 3.63) is 24.0 Å². The molecule has 16 heavy (non-hydrogen) atoms. The summed E-state index contributed by atoms with van der Waals surface area (Å²) in [5.41, 5.74) is 2.34. The molecule has 2 heterocycles. The van der Waals surface area contributed by atoms with Crippen LogP contribution in [0.4, 0.5) is 5.69 Å². The minimum Gasteiger partial charge on any atom is -0.368 e. The van der Waals surface area contributed by atoms with E-state index >= 15 is 0 Å². The standard InChI is InChI=1S/C12H20N4/c1-13-9-11-3-4-12(10-14-11)16-7-5-15(2)6-8-16/h3-4,10,13H,5-9H2,1-2H3. The smallest absolute Gasteiger partial charge is 0.0553 e. The van der Waals surface area contributed by atoms with Crippen LogP contribution in [-0.2, 0) is 6.54 Å². The van der Waals surface area contributed by atoms with Gasteiger partial charge in [0.25, 0.3) is 0 Å². The predicted molar refractivity (Wildman–Crippen MR) is 66.7 cm³/mol. The average molecular weight is 220 g/mol. The fraction of sp³-hybridized carbons (Fsp3) is 0.583. The van der Waals surface area contributed by atoms with Crippen LogP contribution < -0.4 is 10.2 Å². The van der Waals surface area contributed by atoms with Crippen LogP contribution in [0, 0.1) is 0 Å². The summed E-state index contributed by atoms with van der Waals surface area (Å²) in [5.74, 6) is 0. The van der Waals surface area contributed by atoms with E-state index in [0.717, 1.165) is 38.4 Å². The number of rotatable bonds is 3. The molecule has 0 spiro atoms. The lowest BCUT2D eigenvalue weighted by Crippen LogP contribution is -2.44. The van der Waals surface area contributed by atoms with Gasteiger partial charge >= 0.3 is 0 Å². The zero-order valence-electron chi connectivity index (χ0n) is 10.1. The lowest BCUT2D eigenvalue weighted by Gasteiger charge is -2.33. The second kappa shape index (κ2) is 5.27. The summed E-state index contributed by atoms with van der Waals surface area (Å²) in [6.45, 7) is 5.31. The van der Waals surface area contributed by atoms with Crippen LogP contribution in [0.3, 0.4) is 0 Å². The van der Waals surface area contributed by atoms with Crippen LogP contribution in [0.15, 0.2) is 18.3 Å². The number of hydrogen-bond acceptors (Lipinski definition) is 4. The molecular formula is C12H20N4. The second-order valence-electron chi connectivity index (χ2n) is 4.33. The quantitative estimate of drug-likeness (QED) is 0.806. The van der Waals surface area contributed by atoms with Gasteiger partial charge in [-0.3, -0.25) is 4.98 Å². The molecule has 4 heteroatoms. The van der Waals surface area contributed by atoms with Crippen LogP contribution in [0.25, 0.3) is 0 Å². The van der Waals surface area contributed by atoms with Crippen molar-refractivity contribution in [3.63, 3.8) is 0 Å². The number of piperazine rings is 1. The average Bonchev–Trinajstić information content (AvgIpc) is 2.32. The summed E-state index contributed by atoms with van der Waals surface area (Å²) in [4.78, 5) is 9.20. The summed E-state index contributed by atoms with van der Waals surface area (Å²) in [5, 5.41) is 3.11. The van der Waals surface area contributed by atoms with E-state index in [1.165, 1.54) is 5.69 Å². The Hall–Kier alpha value is -1.13. The molecule has 0 amide bonds. The van der Waals surface area contributed by atoms with E-state index in [4.69, 9.17) is 0 Å². The van der Waals surface area contributed by atoms with E-state index < -0.39 is 0 Å². The minimum atomic E-state index is 0.836. The summed E-state index contributed by atoms with van der Waals surface area (Å²) in [6.07, 6.45) is 1.98. The zero-order valence-corrected chi connectivity index (χ0v) is 10.1. The highest BCUT2D eigenvalue weighted by Crippen LogP contribution is 2.14. The number of nitrogens with one attached hydrogen (secondary N) is 1. The third kappa shape index (κ3) is 2.71. The molecule has 0 unspecified atom stereocenters. The molecule has 1 aliphatic heterocycles. The first kappa shape index (κ1) is 11.4. The summed E-state index contributed by atoms with van der Waals surface area (Å²) in [6, 6.07) is 4.27. The van der Waals surface area contributed by atoms with Crippen molar-refractivity contribution >= 4 is 5.69 Å². The molecule has 0 aromatic carbocycles. The van der Waals surface area contributed by atoms with Crippen LogP contribution in [0.5, 0.6) is 0 Å². The molecule has 1 aromatic heterocycles. The van der Waals surface area contributed by atoms with Gasteiger partial charge < -0.3 is 15.1 Å². The Balaban J connectivity index is 1.98. The molecule has 1 fully saturated rings. The fourth-order valence-electron chi connectivity index (χ4n) is 1.95. The molecule has 0 aliphatic carbocycles. The molecule has 0 saturated carbocycles. The first-order chi connectivity index (χ1) is 7.79. The summed E-state index contributed by atoms with van der Waals surface area (Å²) in [7, 11) is 4.11. The molecular weight excluding hydrogens is 200 g/mol. The predicted octanol–water partition coefficient (Wildman–Crippen LogP) is 0.553. The first-order valence-electron chi connectivity index (χ1n) is 5.82. The van der Waals surface area contributed by atoms with Gasteiger partial charge in [0.15, 0.2) is 0 Å². The highest BCUT2D eigenvalue weighted by Gasteiger charge is 2.14. The first-order valence-corrected chi connectivity index (χ1v) is 5.82. The van der Waals surface area contributed by atoms with Crippen LogP contribution in [0.2, 0.25) is 0 Å². The highest BCUT2D eigenvalue weighted by atomic mass is 15.2. The molecule has 1 aliphatic rings. The van der Waals surface area contributed by atoms with Crippen molar-refractivity contribution in [1.82, 2.24) is 15.2 Å². The van der Waals surface area contributed by atoms with Gasteiger partial charge in [-0.1, -0.05) is 0 Å². The fourth-order valence-corrected chi connectivity index (χ4v) is 1.95. The van der Waals surface area contributed by atoms with Crippen molar-refractivity contribution in [3.8, 4) is 0 Å². The summed E-state index contributed by atoms with van der Waals surface area (Å²) < 4.78 is 0. The SMILES string of the molecule is CNCc1ccc(N2CCN(C)CC2)cn1. The van der Waals surface area contributed by atoms with Crippen LogP contribution >= 0.6 is 0 Å². The van der Waals surface area contributed by atoms with Gasteiger partial charge in [0.2, 0.25) is 0 Å². The molecule has 1 saturated heterocycles. The third-order valence-electron chi connectivity index (χ3n) is 3.04. The van der Waals surface area contributed by atoms with E-state index in [0.29, 0.717) is 0 Å². The van der Waals surface area contributed by atoms with Gasteiger partial charge in [0.05, 0.1) is 17.6 Å². The Morgan fingerprint density at radius 3 is 2.56 bits per heavy atom. The number of nitrogens with zero attached hydrogens (tertiary/aromatic N) is 3. The molecule has 2 rings (SSSR count). The van der Waals surface area contributed by atoms with E-state index in [1.807, 2.05) is 13.2 Å². The van der Waals surface area contributed by atoms with Crippen molar-refractivity contribution in [2.24, 2.45) is 0 Å². The van der Waals surface area contributed by atoms with E-state index in [-0.39, 0.29) is 0 Å². The lowest BCUT2D eigenvalue weighted by molar-refractivity contribution is 0.313. The molecule has 1 aromatic rings. The maximum Gasteiger partial charge on any atom is 0.0553 e. The summed E-state index contributed by atoms with van der Waals surface area (Å²) >= 11 is 0. The highest BCUT2D eigenvalue weighted by molar-refractivity contribution is 5.45. The topological polar surface area (TPSA) is 31.4 Å². The van der Waals surface area contributed by atoms with Crippen molar-refractivity contribution in [1.29, 1.82) is 0 Å². The van der Waals surface area contributed by atoms with Gasteiger partial charge in [-0.2, -0.15) is 0 Å². The number of likely N-dealkylation sites (N-methyl/N-ethyl adjacent to an activating group) is 1. The Morgan fingerprint density at radius 2 is 2.00 bits per heavy atom. The maximum atomic E-state index is 4.44. The van der Waals surface area contributed by atoms with Crippen molar-refractivity contribution < 1.29 is 0 Å². The van der Waals surface area contributed by atoms with Crippen molar-refractivity contribution in [2.45, 2.75) is 6.54 Å². The largest absolute Gasteiger partial charge is 0.368 e. The molecule has 0 bridgehead atoms. The molecule has 1 N–H and O–H groups in total. The van der Waals surface area contributed by atoms with E-state index in [9.17, 15) is 0 Å². The second-order valence-corrected chi connectivity index (χ2v) is 4.33. The molecule has 0 radical (unpaired) electrons. The molecule has 0 atom stereocenters. The Morgan fingerprint density at radius 1 is 1.25 bits per heavy atom. The van der Waals surface area contributed by atoms with Crippen LogP contribution in [0.1, 0.15) is 5.69 Å². The Labute approximate surface area is 97.3 Å². The Kier molecular flexibility index (Phi) is 3.74. The minimum absolute atomic E-state index is 0.836. The molecule has 4 nitrogen and oxygen atoms in total. The number of hydrogen-bond donors (Lipinski definition) is 1. The van der Waals surface area contributed by atoms with Gasteiger partial charge in [-0.15, -0.1) is 0 Å². The van der Waals surface area contributed by atoms with Crippen LogP contribution in [-0.4, -0.2) is 50.2 Å². The maximum absolute atomic E-state index is 4.44. The molecule has 88 valence electrons. The monoisotopic (exact) mass is 220 g/mol. The van der Waals surface area contributed by atoms with Gasteiger partial charge in [0, 0.05) is 32.7 Å². The number of pyridine rings is 1. The van der Waals surface area contributed by atoms with E-state index in [2.05, 4.69) is 39.3 Å². The number of anilines is 1. The Bertz CT molecular complexity index is 314. The number of aromatic nitrogens is 1. The van der Waals surface area contributed by atoms with Gasteiger partial charge in [-0.05, 0) is 26.2 Å². The third-order valence-corrected chi connectivity index (χ3v) is 3.04. The lowest BCUT2D eigenvalue weighted by atomic mass is 10.2. The normalized spacial score (nSPS) is 17.8. The van der Waals surface area contributed by atoms with Gasteiger partial charge in [-0.25, -0.2) is 0 Å². The zero-order chi connectivity index (χ0) is 11.4.